The first-order chi connectivity index (χ1) is 8.20. The van der Waals surface area contributed by atoms with Gasteiger partial charge in [-0.3, -0.25) is 0 Å². The molecule has 1 aromatic rings. The van der Waals surface area contributed by atoms with Gasteiger partial charge in [-0.15, -0.1) is 0 Å². The van der Waals surface area contributed by atoms with Gasteiger partial charge in [-0.25, -0.2) is 0 Å². The fourth-order valence-electron chi connectivity index (χ4n) is 2.08. The first-order valence-electron chi connectivity index (χ1n) is 6.05. The quantitative estimate of drug-likeness (QED) is 0.683. The summed E-state index contributed by atoms with van der Waals surface area (Å²) < 4.78 is 5.47. The third-order valence-corrected chi connectivity index (χ3v) is 3.18. The predicted octanol–water partition coefficient (Wildman–Crippen LogP) is 1.75. The normalized spacial score (nSPS) is 23.4. The molecule has 1 saturated carbocycles. The first kappa shape index (κ1) is 12.2. The number of hydrogen-bond acceptors (Lipinski definition) is 4. The van der Waals surface area contributed by atoms with Gasteiger partial charge in [-0.2, -0.15) is 0 Å². The second-order valence-electron chi connectivity index (χ2n) is 4.41. The Morgan fingerprint density at radius 3 is 2.82 bits per heavy atom. The van der Waals surface area contributed by atoms with Crippen LogP contribution >= 0.6 is 0 Å². The third kappa shape index (κ3) is 2.90. The van der Waals surface area contributed by atoms with Crippen LogP contribution in [0.15, 0.2) is 18.2 Å². The van der Waals surface area contributed by atoms with Crippen molar-refractivity contribution >= 4 is 0 Å². The average molecular weight is 237 g/mol. The second-order valence-corrected chi connectivity index (χ2v) is 4.41. The van der Waals surface area contributed by atoms with Crippen molar-refractivity contribution in [1.29, 1.82) is 0 Å². The third-order valence-electron chi connectivity index (χ3n) is 3.18. The van der Waals surface area contributed by atoms with E-state index in [0.29, 0.717) is 18.7 Å². The largest absolute Gasteiger partial charge is 0.504 e. The minimum absolute atomic E-state index is 0.0271. The lowest BCUT2D eigenvalue weighted by Crippen LogP contribution is -2.45. The summed E-state index contributed by atoms with van der Waals surface area (Å²) in [6.07, 6.45) is 2.43. The van der Waals surface area contributed by atoms with Crippen LogP contribution in [0.3, 0.4) is 0 Å². The summed E-state index contributed by atoms with van der Waals surface area (Å²) in [7, 11) is 0. The van der Waals surface area contributed by atoms with Gasteiger partial charge in [0.25, 0.3) is 0 Å². The molecule has 1 aliphatic carbocycles. The van der Waals surface area contributed by atoms with Crippen molar-refractivity contribution < 1.29 is 14.9 Å². The van der Waals surface area contributed by atoms with Crippen molar-refractivity contribution in [2.75, 3.05) is 6.61 Å². The lowest BCUT2D eigenvalue weighted by molar-refractivity contribution is -0.0102. The van der Waals surface area contributed by atoms with E-state index in [0.717, 1.165) is 25.0 Å². The Bertz CT molecular complexity index is 375. The van der Waals surface area contributed by atoms with Crippen molar-refractivity contribution in [2.45, 2.75) is 38.5 Å². The summed E-state index contributed by atoms with van der Waals surface area (Å²) in [4.78, 5) is 0. The molecular weight excluding hydrogens is 218 g/mol. The van der Waals surface area contributed by atoms with E-state index in [1.165, 1.54) is 6.07 Å². The van der Waals surface area contributed by atoms with E-state index in [-0.39, 0.29) is 11.5 Å². The van der Waals surface area contributed by atoms with E-state index >= 15 is 0 Å². The Morgan fingerprint density at radius 1 is 1.35 bits per heavy atom. The summed E-state index contributed by atoms with van der Waals surface area (Å²) in [6, 6.07) is 5.47. The molecule has 0 saturated heterocycles. The summed E-state index contributed by atoms with van der Waals surface area (Å²) in [5, 5.41) is 22.3. The first-order valence-corrected chi connectivity index (χ1v) is 6.05. The summed E-state index contributed by atoms with van der Waals surface area (Å²) in [6.45, 7) is 3.35. The van der Waals surface area contributed by atoms with Crippen molar-refractivity contribution in [3.8, 4) is 11.5 Å². The lowest BCUT2D eigenvalue weighted by atomic mass is 9.89. The molecule has 0 atom stereocenters. The van der Waals surface area contributed by atoms with Crippen LogP contribution in [0.5, 0.6) is 11.5 Å². The second kappa shape index (κ2) is 5.38. The van der Waals surface area contributed by atoms with Crippen LogP contribution < -0.4 is 5.32 Å². The number of hydrogen-bond donors (Lipinski definition) is 3. The monoisotopic (exact) mass is 237 g/mol. The molecule has 0 amide bonds. The van der Waals surface area contributed by atoms with Crippen LogP contribution in [0, 0.1) is 0 Å². The van der Waals surface area contributed by atoms with Crippen LogP contribution in [-0.4, -0.2) is 29.0 Å². The molecule has 4 nitrogen and oxygen atoms in total. The van der Waals surface area contributed by atoms with E-state index in [4.69, 9.17) is 4.74 Å². The van der Waals surface area contributed by atoms with E-state index < -0.39 is 0 Å². The van der Waals surface area contributed by atoms with Crippen molar-refractivity contribution in [3.05, 3.63) is 23.8 Å². The smallest absolute Gasteiger partial charge is 0.161 e. The van der Waals surface area contributed by atoms with Crippen molar-refractivity contribution in [3.63, 3.8) is 0 Å². The van der Waals surface area contributed by atoms with Gasteiger partial charge in [0.05, 0.1) is 6.10 Å². The summed E-state index contributed by atoms with van der Waals surface area (Å²) >= 11 is 0. The van der Waals surface area contributed by atoms with Crippen molar-refractivity contribution in [1.82, 2.24) is 5.32 Å². The molecule has 17 heavy (non-hydrogen) atoms. The summed E-state index contributed by atoms with van der Waals surface area (Å²) in [5.41, 5.74) is 0.727. The Balaban J connectivity index is 1.78. The van der Waals surface area contributed by atoms with E-state index in [1.54, 1.807) is 12.1 Å². The highest BCUT2D eigenvalue weighted by atomic mass is 16.5. The van der Waals surface area contributed by atoms with Gasteiger partial charge in [0.2, 0.25) is 0 Å². The van der Waals surface area contributed by atoms with Crippen LogP contribution in [-0.2, 0) is 11.3 Å². The van der Waals surface area contributed by atoms with Crippen LogP contribution in [0.4, 0.5) is 0 Å². The van der Waals surface area contributed by atoms with Gasteiger partial charge in [0.15, 0.2) is 11.5 Å². The maximum Gasteiger partial charge on any atom is 0.161 e. The molecule has 4 heteroatoms. The fourth-order valence-corrected chi connectivity index (χ4v) is 2.08. The fraction of sp³-hybridized carbons (Fsp3) is 0.538. The molecule has 0 spiro atoms. The Morgan fingerprint density at radius 2 is 2.12 bits per heavy atom. The number of nitrogens with one attached hydrogen (secondary N) is 1. The van der Waals surface area contributed by atoms with E-state index in [1.807, 2.05) is 6.92 Å². The molecule has 1 aromatic carbocycles. The average Bonchev–Trinajstić information content (AvgIpc) is 2.26. The minimum atomic E-state index is -0.0647. The highest BCUT2D eigenvalue weighted by molar-refractivity contribution is 5.44. The predicted molar refractivity (Wildman–Crippen MR) is 65.0 cm³/mol. The van der Waals surface area contributed by atoms with E-state index in [2.05, 4.69) is 5.32 Å². The van der Waals surface area contributed by atoms with Gasteiger partial charge in [0, 0.05) is 24.8 Å². The highest BCUT2D eigenvalue weighted by Gasteiger charge is 2.28. The Kier molecular flexibility index (Phi) is 3.86. The van der Waals surface area contributed by atoms with Crippen molar-refractivity contribution in [2.24, 2.45) is 0 Å². The standard InChI is InChI=1S/C13H19NO3/c1-2-17-11-6-10(7-11)14-8-9-4-3-5-12(15)13(9)16/h3-5,10-11,14-16H,2,6-8H2,1H3. The van der Waals surface area contributed by atoms with E-state index in [9.17, 15) is 10.2 Å². The minimum Gasteiger partial charge on any atom is -0.504 e. The molecule has 1 fully saturated rings. The number of ether oxygens (including phenoxy) is 1. The number of aromatic hydroxyl groups is 2. The number of rotatable bonds is 5. The van der Waals surface area contributed by atoms with Gasteiger partial charge in [-0.1, -0.05) is 12.1 Å². The topological polar surface area (TPSA) is 61.7 Å². The summed E-state index contributed by atoms with van der Waals surface area (Å²) in [5.74, 6) is -0.0919. The van der Waals surface area contributed by atoms with Crippen LogP contribution in [0.25, 0.3) is 0 Å². The lowest BCUT2D eigenvalue weighted by Gasteiger charge is -2.35. The maximum absolute atomic E-state index is 9.62. The highest BCUT2D eigenvalue weighted by Crippen LogP contribution is 2.29. The zero-order valence-electron chi connectivity index (χ0n) is 10.0. The van der Waals surface area contributed by atoms with Crippen LogP contribution in [0.2, 0.25) is 0 Å². The number of phenols is 2. The Hall–Kier alpha value is -1.26. The number of para-hydroxylation sites is 1. The number of phenolic OH excluding ortho intramolecular Hbond substituents is 2. The molecule has 3 N–H and O–H groups in total. The van der Waals surface area contributed by atoms with Gasteiger partial charge >= 0.3 is 0 Å². The molecule has 2 rings (SSSR count). The molecule has 0 aromatic heterocycles. The zero-order valence-corrected chi connectivity index (χ0v) is 10.0. The molecule has 0 bridgehead atoms. The van der Waals surface area contributed by atoms with Crippen LogP contribution in [0.1, 0.15) is 25.3 Å². The van der Waals surface area contributed by atoms with Gasteiger partial charge < -0.3 is 20.3 Å². The van der Waals surface area contributed by atoms with Gasteiger partial charge in [0.1, 0.15) is 0 Å². The molecule has 94 valence electrons. The zero-order chi connectivity index (χ0) is 12.3. The molecule has 1 aliphatic rings. The number of benzene rings is 1. The molecule has 0 radical (unpaired) electrons. The molecule has 0 aliphatic heterocycles. The SMILES string of the molecule is CCOC1CC(NCc2cccc(O)c2O)C1. The molecule has 0 heterocycles. The van der Waals surface area contributed by atoms with Gasteiger partial charge in [-0.05, 0) is 25.8 Å². The molecule has 0 unspecified atom stereocenters. The Labute approximate surface area is 101 Å². The molecular formula is C13H19NO3. The maximum atomic E-state index is 9.62.